The fraction of sp³-hybridized carbons (Fsp3) is 0.667. The Morgan fingerprint density at radius 1 is 1.86 bits per heavy atom. The summed E-state index contributed by atoms with van der Waals surface area (Å²) >= 11 is 0. The number of hydrogen-bond acceptors (Lipinski definition) is 1. The lowest BCUT2D eigenvalue weighted by Gasteiger charge is -1.78. The maximum atomic E-state index is 3.22. The lowest BCUT2D eigenvalue weighted by molar-refractivity contribution is 0.965. The molecular formula is C6H11N. The predicted molar refractivity (Wildman–Crippen MR) is 31.2 cm³/mol. The Kier molecular flexibility index (Phi) is 1.47. The van der Waals surface area contributed by atoms with Crippen molar-refractivity contribution in [2.24, 2.45) is 0 Å². The van der Waals surface area contributed by atoms with Gasteiger partial charge in [0.2, 0.25) is 0 Å². The van der Waals surface area contributed by atoms with Gasteiger partial charge in [0.15, 0.2) is 0 Å². The van der Waals surface area contributed by atoms with Crippen molar-refractivity contribution in [1.29, 1.82) is 0 Å². The molecule has 0 amide bonds. The molecule has 1 rings (SSSR count). The SMILES string of the molecule is CC=CCC1CN1. The molecule has 1 heterocycles. The van der Waals surface area contributed by atoms with Crippen LogP contribution < -0.4 is 5.32 Å². The molecule has 0 aromatic carbocycles. The van der Waals surface area contributed by atoms with Crippen molar-refractivity contribution in [3.8, 4) is 0 Å². The standard InChI is InChI=1S/C6H11N/c1-2-3-4-6-5-7-6/h2-3,6-7H,4-5H2,1H3. The van der Waals surface area contributed by atoms with E-state index in [1.807, 2.05) is 0 Å². The minimum absolute atomic E-state index is 0.816. The molecule has 40 valence electrons. The van der Waals surface area contributed by atoms with E-state index in [1.54, 1.807) is 0 Å². The van der Waals surface area contributed by atoms with Crippen LogP contribution in [0.25, 0.3) is 0 Å². The highest BCUT2D eigenvalue weighted by Gasteiger charge is 2.16. The predicted octanol–water partition coefficient (Wildman–Crippen LogP) is 0.924. The van der Waals surface area contributed by atoms with E-state index in [0.717, 1.165) is 6.04 Å². The van der Waals surface area contributed by atoms with Gasteiger partial charge in [0, 0.05) is 12.6 Å². The molecule has 0 radical (unpaired) electrons. The molecular weight excluding hydrogens is 86.1 g/mol. The van der Waals surface area contributed by atoms with Gasteiger partial charge in [0.05, 0.1) is 0 Å². The van der Waals surface area contributed by atoms with Crippen molar-refractivity contribution in [3.63, 3.8) is 0 Å². The van der Waals surface area contributed by atoms with Crippen LogP contribution in [0.15, 0.2) is 12.2 Å². The summed E-state index contributed by atoms with van der Waals surface area (Å²) in [5.74, 6) is 0. The molecule has 1 saturated heterocycles. The van der Waals surface area contributed by atoms with Gasteiger partial charge in [-0.25, -0.2) is 0 Å². The molecule has 0 aromatic rings. The minimum Gasteiger partial charge on any atom is -0.311 e. The molecule has 1 aliphatic rings. The summed E-state index contributed by atoms with van der Waals surface area (Å²) in [6.07, 6.45) is 5.52. The normalized spacial score (nSPS) is 29.0. The first-order chi connectivity index (χ1) is 3.43. The summed E-state index contributed by atoms with van der Waals surface area (Å²) in [7, 11) is 0. The second kappa shape index (κ2) is 2.12. The molecule has 1 aliphatic heterocycles. The fourth-order valence-electron chi connectivity index (χ4n) is 0.550. The molecule has 1 fully saturated rings. The first kappa shape index (κ1) is 4.85. The largest absolute Gasteiger partial charge is 0.311 e. The topological polar surface area (TPSA) is 21.9 Å². The highest BCUT2D eigenvalue weighted by molar-refractivity contribution is 4.92. The van der Waals surface area contributed by atoms with Gasteiger partial charge in [-0.3, -0.25) is 0 Å². The second-order valence-electron chi connectivity index (χ2n) is 1.91. The van der Waals surface area contributed by atoms with E-state index in [4.69, 9.17) is 0 Å². The first-order valence-electron chi connectivity index (χ1n) is 2.78. The highest BCUT2D eigenvalue weighted by atomic mass is 15.1. The molecule has 1 N–H and O–H groups in total. The van der Waals surface area contributed by atoms with Crippen molar-refractivity contribution in [1.82, 2.24) is 5.32 Å². The molecule has 0 aromatic heterocycles. The van der Waals surface area contributed by atoms with E-state index >= 15 is 0 Å². The van der Waals surface area contributed by atoms with E-state index in [-0.39, 0.29) is 0 Å². The molecule has 1 unspecified atom stereocenters. The van der Waals surface area contributed by atoms with Crippen molar-refractivity contribution in [3.05, 3.63) is 12.2 Å². The average molecular weight is 97.2 g/mol. The van der Waals surface area contributed by atoms with Crippen LogP contribution in [-0.2, 0) is 0 Å². The molecule has 0 bridgehead atoms. The van der Waals surface area contributed by atoms with Crippen molar-refractivity contribution < 1.29 is 0 Å². The van der Waals surface area contributed by atoms with Crippen molar-refractivity contribution in [2.45, 2.75) is 19.4 Å². The summed E-state index contributed by atoms with van der Waals surface area (Å²) in [6, 6.07) is 0.816. The third kappa shape index (κ3) is 1.74. The van der Waals surface area contributed by atoms with Crippen LogP contribution >= 0.6 is 0 Å². The zero-order valence-electron chi connectivity index (χ0n) is 4.65. The maximum absolute atomic E-state index is 3.22. The van der Waals surface area contributed by atoms with Crippen molar-refractivity contribution >= 4 is 0 Å². The molecule has 0 spiro atoms. The summed E-state index contributed by atoms with van der Waals surface area (Å²) in [6.45, 7) is 3.28. The number of hydrogen-bond donors (Lipinski definition) is 1. The maximum Gasteiger partial charge on any atom is 0.0227 e. The Balaban J connectivity index is 1.98. The van der Waals surface area contributed by atoms with Crippen LogP contribution in [0.5, 0.6) is 0 Å². The fourth-order valence-corrected chi connectivity index (χ4v) is 0.550. The Labute approximate surface area is 44.4 Å². The third-order valence-corrected chi connectivity index (χ3v) is 1.15. The Bertz CT molecular complexity index is 72.2. The Hall–Kier alpha value is -0.300. The minimum atomic E-state index is 0.816. The number of allylic oxidation sites excluding steroid dienone is 1. The van der Waals surface area contributed by atoms with Crippen LogP contribution in [0.1, 0.15) is 13.3 Å². The third-order valence-electron chi connectivity index (χ3n) is 1.15. The summed E-state index contributed by atoms with van der Waals surface area (Å²) < 4.78 is 0. The van der Waals surface area contributed by atoms with E-state index in [2.05, 4.69) is 24.4 Å². The lowest BCUT2D eigenvalue weighted by Crippen LogP contribution is -1.84. The van der Waals surface area contributed by atoms with E-state index in [0.29, 0.717) is 0 Å². The molecule has 1 atom stereocenters. The second-order valence-corrected chi connectivity index (χ2v) is 1.91. The smallest absolute Gasteiger partial charge is 0.0227 e. The van der Waals surface area contributed by atoms with Gasteiger partial charge in [-0.2, -0.15) is 0 Å². The molecule has 1 nitrogen and oxygen atoms in total. The van der Waals surface area contributed by atoms with E-state index < -0.39 is 0 Å². The van der Waals surface area contributed by atoms with Gasteiger partial charge >= 0.3 is 0 Å². The van der Waals surface area contributed by atoms with Gasteiger partial charge < -0.3 is 5.32 Å². The van der Waals surface area contributed by atoms with E-state index in [1.165, 1.54) is 13.0 Å². The Morgan fingerprint density at radius 3 is 3.00 bits per heavy atom. The zero-order chi connectivity index (χ0) is 5.11. The monoisotopic (exact) mass is 97.1 g/mol. The Morgan fingerprint density at radius 2 is 2.57 bits per heavy atom. The first-order valence-corrected chi connectivity index (χ1v) is 2.78. The molecule has 0 saturated carbocycles. The quantitative estimate of drug-likeness (QED) is 0.401. The van der Waals surface area contributed by atoms with Crippen LogP contribution in [-0.4, -0.2) is 12.6 Å². The van der Waals surface area contributed by atoms with Gasteiger partial charge in [-0.1, -0.05) is 12.2 Å². The van der Waals surface area contributed by atoms with Gasteiger partial charge in [0.25, 0.3) is 0 Å². The van der Waals surface area contributed by atoms with Crippen LogP contribution in [0.4, 0.5) is 0 Å². The summed E-state index contributed by atoms with van der Waals surface area (Å²) in [4.78, 5) is 0. The van der Waals surface area contributed by atoms with Gasteiger partial charge in [-0.05, 0) is 13.3 Å². The van der Waals surface area contributed by atoms with Crippen LogP contribution in [0.2, 0.25) is 0 Å². The summed E-state index contributed by atoms with van der Waals surface area (Å²) in [5, 5.41) is 3.22. The highest BCUT2D eigenvalue weighted by Crippen LogP contribution is 2.02. The zero-order valence-corrected chi connectivity index (χ0v) is 4.65. The lowest BCUT2D eigenvalue weighted by atomic mass is 10.3. The summed E-state index contributed by atoms with van der Waals surface area (Å²) in [5.41, 5.74) is 0. The van der Waals surface area contributed by atoms with Crippen LogP contribution in [0, 0.1) is 0 Å². The number of nitrogens with one attached hydrogen (secondary N) is 1. The average Bonchev–Trinajstić information content (AvgIpc) is 2.42. The van der Waals surface area contributed by atoms with Gasteiger partial charge in [0.1, 0.15) is 0 Å². The van der Waals surface area contributed by atoms with Crippen LogP contribution in [0.3, 0.4) is 0 Å². The molecule has 1 heteroatoms. The number of rotatable bonds is 2. The van der Waals surface area contributed by atoms with Crippen molar-refractivity contribution in [2.75, 3.05) is 6.54 Å². The molecule has 7 heavy (non-hydrogen) atoms. The molecule has 0 aliphatic carbocycles. The van der Waals surface area contributed by atoms with Gasteiger partial charge in [-0.15, -0.1) is 0 Å². The van der Waals surface area contributed by atoms with E-state index in [9.17, 15) is 0 Å².